The number of rotatable bonds is 5. The largest absolute Gasteiger partial charge is 0.287 e. The van der Waals surface area contributed by atoms with E-state index in [0.717, 1.165) is 5.56 Å². The van der Waals surface area contributed by atoms with Gasteiger partial charge in [0.05, 0.1) is 10.6 Å². The van der Waals surface area contributed by atoms with Gasteiger partial charge in [0.25, 0.3) is 5.69 Å². The molecule has 24 heavy (non-hydrogen) atoms. The Hall–Kier alpha value is -3.61. The molecule has 3 rings (SSSR count). The molecule has 0 atom stereocenters. The number of nitrogens with zero attached hydrogens (tertiary/aromatic N) is 4. The van der Waals surface area contributed by atoms with Crippen LogP contribution >= 0.6 is 0 Å². The Bertz CT molecular complexity index is 808. The van der Waals surface area contributed by atoms with Crippen molar-refractivity contribution in [2.75, 3.05) is 5.43 Å². The van der Waals surface area contributed by atoms with Crippen LogP contribution in [0.15, 0.2) is 78.2 Å². The summed E-state index contributed by atoms with van der Waals surface area (Å²) in [6, 6.07) is 18.0. The summed E-state index contributed by atoms with van der Waals surface area (Å²) >= 11 is 0. The molecule has 0 aliphatic rings. The maximum Gasteiger partial charge on any atom is 0.287 e. The lowest BCUT2D eigenvalue weighted by Gasteiger charge is -2.07. The maximum absolute atomic E-state index is 10.7. The minimum absolute atomic E-state index is 0.0717. The van der Waals surface area contributed by atoms with Crippen molar-refractivity contribution in [3.05, 3.63) is 94.4 Å². The van der Waals surface area contributed by atoms with Crippen LogP contribution in [0.3, 0.4) is 0 Å². The van der Waals surface area contributed by atoms with Gasteiger partial charge in [-0.25, -0.2) is 4.98 Å². The molecule has 0 spiro atoms. The Kier molecular flexibility index (Phi) is 4.52. The van der Waals surface area contributed by atoms with Gasteiger partial charge >= 0.3 is 0 Å². The molecule has 0 aliphatic carbocycles. The van der Waals surface area contributed by atoms with Crippen molar-refractivity contribution >= 4 is 17.2 Å². The highest BCUT2D eigenvalue weighted by molar-refractivity contribution is 6.11. The first-order valence-electron chi connectivity index (χ1n) is 7.15. The normalized spacial score (nSPS) is 11.1. The molecule has 0 saturated carbocycles. The standard InChI is InChI=1S/C17H13N5O2/c23-22(24)14-9-10-16(19-12-14)20-21-17(13-6-2-1-3-7-13)15-8-4-5-11-18-15/h1-12H,(H,19,20)/b21-17+. The monoisotopic (exact) mass is 319 g/mol. The van der Waals surface area contributed by atoms with Gasteiger partial charge in [0.15, 0.2) is 0 Å². The summed E-state index contributed by atoms with van der Waals surface area (Å²) in [5.41, 5.74) is 5.00. The van der Waals surface area contributed by atoms with Crippen molar-refractivity contribution in [2.45, 2.75) is 0 Å². The lowest BCUT2D eigenvalue weighted by atomic mass is 10.1. The number of pyridine rings is 2. The van der Waals surface area contributed by atoms with Gasteiger partial charge in [-0.1, -0.05) is 36.4 Å². The molecule has 0 radical (unpaired) electrons. The number of nitro groups is 1. The Morgan fingerprint density at radius 1 is 1.00 bits per heavy atom. The van der Waals surface area contributed by atoms with Gasteiger partial charge in [-0.15, -0.1) is 0 Å². The van der Waals surface area contributed by atoms with Gasteiger partial charge in [0, 0.05) is 17.8 Å². The van der Waals surface area contributed by atoms with Crippen LogP contribution in [0.5, 0.6) is 0 Å². The zero-order chi connectivity index (χ0) is 16.8. The van der Waals surface area contributed by atoms with Crippen LogP contribution < -0.4 is 5.43 Å². The number of hydrazone groups is 1. The minimum atomic E-state index is -0.497. The van der Waals surface area contributed by atoms with E-state index < -0.39 is 4.92 Å². The van der Waals surface area contributed by atoms with Crippen LogP contribution in [0.1, 0.15) is 11.3 Å². The molecule has 2 heterocycles. The molecule has 7 nitrogen and oxygen atoms in total. The molecular weight excluding hydrogens is 306 g/mol. The first-order valence-corrected chi connectivity index (χ1v) is 7.15. The highest BCUT2D eigenvalue weighted by Gasteiger charge is 2.09. The molecule has 0 aliphatic heterocycles. The molecule has 1 N–H and O–H groups in total. The van der Waals surface area contributed by atoms with Crippen molar-refractivity contribution in [2.24, 2.45) is 5.10 Å². The van der Waals surface area contributed by atoms with Crippen LogP contribution in [-0.2, 0) is 0 Å². The van der Waals surface area contributed by atoms with Crippen LogP contribution in [0.4, 0.5) is 11.5 Å². The molecule has 0 bridgehead atoms. The molecule has 1 aromatic carbocycles. The third-order valence-electron chi connectivity index (χ3n) is 3.20. The summed E-state index contributed by atoms with van der Waals surface area (Å²) in [5, 5.41) is 15.0. The van der Waals surface area contributed by atoms with Gasteiger partial charge in [0.1, 0.15) is 17.7 Å². The predicted octanol–water partition coefficient (Wildman–Crippen LogP) is 3.25. The summed E-state index contributed by atoms with van der Waals surface area (Å²) < 4.78 is 0. The van der Waals surface area contributed by atoms with E-state index in [1.165, 1.54) is 18.3 Å². The zero-order valence-electron chi connectivity index (χ0n) is 12.5. The number of aromatic nitrogens is 2. The van der Waals surface area contributed by atoms with Crippen molar-refractivity contribution in [3.8, 4) is 0 Å². The highest BCUT2D eigenvalue weighted by Crippen LogP contribution is 2.13. The number of hydrogen-bond donors (Lipinski definition) is 1. The summed E-state index contributed by atoms with van der Waals surface area (Å²) in [6.07, 6.45) is 2.87. The van der Waals surface area contributed by atoms with Crippen molar-refractivity contribution < 1.29 is 4.92 Å². The van der Waals surface area contributed by atoms with Gasteiger partial charge in [0.2, 0.25) is 0 Å². The van der Waals surface area contributed by atoms with Gasteiger partial charge in [-0.2, -0.15) is 5.10 Å². The fourth-order valence-corrected chi connectivity index (χ4v) is 2.04. The van der Waals surface area contributed by atoms with Crippen LogP contribution in [-0.4, -0.2) is 20.6 Å². The van der Waals surface area contributed by atoms with E-state index in [4.69, 9.17) is 0 Å². The minimum Gasteiger partial charge on any atom is -0.261 e. The second kappa shape index (κ2) is 7.10. The number of nitrogens with one attached hydrogen (secondary N) is 1. The Morgan fingerprint density at radius 2 is 1.79 bits per heavy atom. The van der Waals surface area contributed by atoms with Gasteiger partial charge < -0.3 is 0 Å². The molecule has 0 saturated heterocycles. The second-order valence-corrected chi connectivity index (χ2v) is 4.81. The average Bonchev–Trinajstić information content (AvgIpc) is 2.64. The molecule has 2 aromatic heterocycles. The third-order valence-corrected chi connectivity index (χ3v) is 3.20. The second-order valence-electron chi connectivity index (χ2n) is 4.81. The van der Waals surface area contributed by atoms with Crippen LogP contribution in [0.2, 0.25) is 0 Å². The maximum atomic E-state index is 10.7. The topological polar surface area (TPSA) is 93.3 Å². The van der Waals surface area contributed by atoms with E-state index in [2.05, 4.69) is 20.5 Å². The lowest BCUT2D eigenvalue weighted by molar-refractivity contribution is -0.385. The highest BCUT2D eigenvalue weighted by atomic mass is 16.6. The van der Waals surface area contributed by atoms with Gasteiger partial charge in [-0.3, -0.25) is 20.5 Å². The van der Waals surface area contributed by atoms with E-state index in [1.54, 1.807) is 6.20 Å². The number of hydrogen-bond acceptors (Lipinski definition) is 6. The Balaban J connectivity index is 1.91. The summed E-state index contributed by atoms with van der Waals surface area (Å²) in [6.45, 7) is 0. The third kappa shape index (κ3) is 3.58. The SMILES string of the molecule is O=[N+]([O-])c1ccc(N/N=C(\c2ccccc2)c2ccccn2)nc1. The lowest BCUT2D eigenvalue weighted by Crippen LogP contribution is -2.08. The molecule has 0 fully saturated rings. The molecule has 7 heteroatoms. The number of anilines is 1. The van der Waals surface area contributed by atoms with Crippen LogP contribution in [0, 0.1) is 10.1 Å². The first kappa shape index (κ1) is 15.3. The van der Waals surface area contributed by atoms with Gasteiger partial charge in [-0.05, 0) is 18.2 Å². The fraction of sp³-hybridized carbons (Fsp3) is 0. The predicted molar refractivity (Wildman–Crippen MR) is 90.8 cm³/mol. The van der Waals surface area contributed by atoms with Crippen molar-refractivity contribution in [1.29, 1.82) is 0 Å². The smallest absolute Gasteiger partial charge is 0.261 e. The summed E-state index contributed by atoms with van der Waals surface area (Å²) in [4.78, 5) is 18.5. The van der Waals surface area contributed by atoms with E-state index in [1.807, 2.05) is 48.5 Å². The quantitative estimate of drug-likeness (QED) is 0.442. The molecule has 0 amide bonds. The molecule has 3 aromatic rings. The van der Waals surface area contributed by atoms with E-state index in [9.17, 15) is 10.1 Å². The number of benzene rings is 1. The van der Waals surface area contributed by atoms with Crippen molar-refractivity contribution in [3.63, 3.8) is 0 Å². The summed E-state index contributed by atoms with van der Waals surface area (Å²) in [5.74, 6) is 0.407. The first-order chi connectivity index (χ1) is 11.7. The molecule has 118 valence electrons. The zero-order valence-corrected chi connectivity index (χ0v) is 12.5. The van der Waals surface area contributed by atoms with E-state index in [-0.39, 0.29) is 5.69 Å². The summed E-state index contributed by atoms with van der Waals surface area (Å²) in [7, 11) is 0. The van der Waals surface area contributed by atoms with Crippen LogP contribution in [0.25, 0.3) is 0 Å². The van der Waals surface area contributed by atoms with E-state index in [0.29, 0.717) is 17.2 Å². The van der Waals surface area contributed by atoms with E-state index >= 15 is 0 Å². The average molecular weight is 319 g/mol. The van der Waals surface area contributed by atoms with Crippen molar-refractivity contribution in [1.82, 2.24) is 9.97 Å². The molecule has 0 unspecified atom stereocenters. The Labute approximate surface area is 137 Å². The molecular formula is C17H13N5O2. The fourth-order valence-electron chi connectivity index (χ4n) is 2.04. The Morgan fingerprint density at radius 3 is 2.42 bits per heavy atom.